The molecule has 0 aromatic rings. The molecule has 5 nitrogen and oxygen atoms in total. The third-order valence-electron chi connectivity index (χ3n) is 1.34. The molecule has 0 saturated carbocycles. The van der Waals surface area contributed by atoms with Gasteiger partial charge in [0.25, 0.3) is 6.29 Å². The summed E-state index contributed by atoms with van der Waals surface area (Å²) < 4.78 is 9.37. The molecule has 0 aromatic heterocycles. The molecule has 0 aliphatic rings. The molecule has 5 heteroatoms. The minimum atomic E-state index is -1.16. The van der Waals surface area contributed by atoms with Crippen molar-refractivity contribution in [2.24, 2.45) is 0 Å². The molecule has 0 bridgehead atoms. The Balaban J connectivity index is 4.36. The highest BCUT2D eigenvalue weighted by atomic mass is 16.7. The lowest BCUT2D eigenvalue weighted by molar-refractivity contribution is -0.184. The van der Waals surface area contributed by atoms with Crippen molar-refractivity contribution in [2.75, 3.05) is 0 Å². The molecule has 0 aromatic carbocycles. The number of hydrogen-bond donors (Lipinski definition) is 0. The second kappa shape index (κ2) is 5.95. The van der Waals surface area contributed by atoms with Crippen molar-refractivity contribution in [3.05, 3.63) is 12.2 Å². The van der Waals surface area contributed by atoms with Crippen molar-refractivity contribution in [3.63, 3.8) is 0 Å². The van der Waals surface area contributed by atoms with Crippen molar-refractivity contribution >= 4 is 17.7 Å². The number of carbonyl (C=O) groups excluding carboxylic acids is 3. The molecule has 15 heavy (non-hydrogen) atoms. The van der Waals surface area contributed by atoms with E-state index in [0.717, 1.165) is 0 Å². The van der Waals surface area contributed by atoms with Crippen LogP contribution in [0.4, 0.5) is 0 Å². The van der Waals surface area contributed by atoms with Crippen LogP contribution in [-0.2, 0) is 23.9 Å². The maximum absolute atomic E-state index is 11.1. The molecule has 0 amide bonds. The highest BCUT2D eigenvalue weighted by Gasteiger charge is 2.19. The van der Waals surface area contributed by atoms with E-state index in [-0.39, 0.29) is 17.8 Å². The average molecular weight is 214 g/mol. The van der Waals surface area contributed by atoms with Crippen LogP contribution in [0.3, 0.4) is 0 Å². The lowest BCUT2D eigenvalue weighted by Crippen LogP contribution is -2.26. The lowest BCUT2D eigenvalue weighted by Gasteiger charge is -2.15. The largest absolute Gasteiger partial charge is 0.425 e. The summed E-state index contributed by atoms with van der Waals surface area (Å²) in [5.74, 6) is -1.55. The standard InChI is InChI=1S/C10H14O5/c1-6(2)10(13)15-9(5-7(3)11)14-8(4)12/h9H,1,5H2,2-4H3. The molecule has 0 saturated heterocycles. The van der Waals surface area contributed by atoms with E-state index in [0.29, 0.717) is 0 Å². The highest BCUT2D eigenvalue weighted by Crippen LogP contribution is 2.05. The van der Waals surface area contributed by atoms with E-state index in [1.54, 1.807) is 0 Å². The Morgan fingerprint density at radius 1 is 1.13 bits per heavy atom. The number of esters is 2. The topological polar surface area (TPSA) is 69.7 Å². The van der Waals surface area contributed by atoms with Crippen molar-refractivity contribution in [1.82, 2.24) is 0 Å². The number of rotatable bonds is 5. The molecule has 84 valence electrons. The van der Waals surface area contributed by atoms with E-state index >= 15 is 0 Å². The molecular weight excluding hydrogens is 200 g/mol. The zero-order chi connectivity index (χ0) is 12.0. The van der Waals surface area contributed by atoms with Gasteiger partial charge in [0.1, 0.15) is 5.78 Å². The fourth-order valence-electron chi connectivity index (χ4n) is 0.747. The van der Waals surface area contributed by atoms with Gasteiger partial charge in [0.2, 0.25) is 0 Å². The first kappa shape index (κ1) is 13.4. The number of Topliss-reactive ketones (excluding diaryl/α,β-unsaturated/α-hetero) is 1. The van der Waals surface area contributed by atoms with Gasteiger partial charge in [0.15, 0.2) is 0 Å². The molecule has 0 spiro atoms. The van der Waals surface area contributed by atoms with Gasteiger partial charge in [0, 0.05) is 12.5 Å². The van der Waals surface area contributed by atoms with Gasteiger partial charge < -0.3 is 9.47 Å². The second-order valence-corrected chi connectivity index (χ2v) is 3.13. The fraction of sp³-hybridized carbons (Fsp3) is 0.500. The van der Waals surface area contributed by atoms with Crippen LogP contribution in [0.2, 0.25) is 0 Å². The van der Waals surface area contributed by atoms with E-state index in [1.165, 1.54) is 20.8 Å². The van der Waals surface area contributed by atoms with Gasteiger partial charge >= 0.3 is 11.9 Å². The van der Waals surface area contributed by atoms with Crippen LogP contribution < -0.4 is 0 Å². The Labute approximate surface area is 88.0 Å². The first-order valence-electron chi connectivity index (χ1n) is 4.36. The predicted molar refractivity (Wildman–Crippen MR) is 51.8 cm³/mol. The van der Waals surface area contributed by atoms with Crippen molar-refractivity contribution in [3.8, 4) is 0 Å². The SMILES string of the molecule is C=C(C)C(=O)OC(CC(C)=O)OC(C)=O. The first-order valence-corrected chi connectivity index (χ1v) is 4.36. The molecule has 1 unspecified atom stereocenters. The van der Waals surface area contributed by atoms with Gasteiger partial charge in [-0.25, -0.2) is 4.79 Å². The van der Waals surface area contributed by atoms with Gasteiger partial charge in [-0.3, -0.25) is 9.59 Å². The van der Waals surface area contributed by atoms with Gasteiger partial charge in [0.05, 0.1) is 6.42 Å². The molecule has 0 radical (unpaired) electrons. The Kier molecular flexibility index (Phi) is 5.30. The maximum Gasteiger partial charge on any atom is 0.336 e. The summed E-state index contributed by atoms with van der Waals surface area (Å²) in [6, 6.07) is 0. The smallest absolute Gasteiger partial charge is 0.336 e. The molecule has 0 aliphatic carbocycles. The van der Waals surface area contributed by atoms with Gasteiger partial charge in [-0.05, 0) is 13.8 Å². The summed E-state index contributed by atoms with van der Waals surface area (Å²) in [4.78, 5) is 32.5. The zero-order valence-corrected chi connectivity index (χ0v) is 9.03. The van der Waals surface area contributed by atoms with E-state index in [9.17, 15) is 14.4 Å². The Morgan fingerprint density at radius 3 is 2.00 bits per heavy atom. The average Bonchev–Trinajstić information content (AvgIpc) is 2.00. The van der Waals surface area contributed by atoms with Crippen molar-refractivity contribution in [1.29, 1.82) is 0 Å². The van der Waals surface area contributed by atoms with Crippen LogP contribution in [0.25, 0.3) is 0 Å². The number of ether oxygens (including phenoxy) is 2. The molecule has 0 N–H and O–H groups in total. The van der Waals surface area contributed by atoms with E-state index in [1.807, 2.05) is 0 Å². The van der Waals surface area contributed by atoms with Gasteiger partial charge in [-0.1, -0.05) is 6.58 Å². The molecule has 0 aliphatic heterocycles. The number of hydrogen-bond acceptors (Lipinski definition) is 5. The van der Waals surface area contributed by atoms with Crippen LogP contribution in [0, 0.1) is 0 Å². The van der Waals surface area contributed by atoms with Crippen molar-refractivity contribution in [2.45, 2.75) is 33.5 Å². The van der Waals surface area contributed by atoms with Gasteiger partial charge in [-0.2, -0.15) is 0 Å². The third kappa shape index (κ3) is 6.42. The summed E-state index contributed by atoms with van der Waals surface area (Å²) in [6.07, 6.45) is -1.32. The predicted octanol–water partition coefficient (Wildman–Crippen LogP) is 0.974. The zero-order valence-electron chi connectivity index (χ0n) is 9.03. The van der Waals surface area contributed by atoms with Gasteiger partial charge in [-0.15, -0.1) is 0 Å². The highest BCUT2D eigenvalue weighted by molar-refractivity contribution is 5.87. The monoisotopic (exact) mass is 214 g/mol. The van der Waals surface area contributed by atoms with Crippen LogP contribution in [0.1, 0.15) is 27.2 Å². The maximum atomic E-state index is 11.1. The first-order chi connectivity index (χ1) is 6.82. The van der Waals surface area contributed by atoms with E-state index in [4.69, 9.17) is 4.74 Å². The molecule has 0 fully saturated rings. The van der Waals surface area contributed by atoms with E-state index in [2.05, 4.69) is 11.3 Å². The minimum Gasteiger partial charge on any atom is -0.425 e. The molecule has 1 atom stereocenters. The normalized spacial score (nSPS) is 11.4. The van der Waals surface area contributed by atoms with E-state index < -0.39 is 18.2 Å². The second-order valence-electron chi connectivity index (χ2n) is 3.13. The summed E-state index contributed by atoms with van der Waals surface area (Å²) >= 11 is 0. The third-order valence-corrected chi connectivity index (χ3v) is 1.34. The minimum absolute atomic E-state index is 0.154. The van der Waals surface area contributed by atoms with Crippen LogP contribution in [0.5, 0.6) is 0 Å². The van der Waals surface area contributed by atoms with Crippen molar-refractivity contribution < 1.29 is 23.9 Å². The quantitative estimate of drug-likeness (QED) is 0.387. The Morgan fingerprint density at radius 2 is 1.67 bits per heavy atom. The van der Waals surface area contributed by atoms with Crippen LogP contribution >= 0.6 is 0 Å². The number of carbonyl (C=O) groups is 3. The van der Waals surface area contributed by atoms with Crippen LogP contribution in [0.15, 0.2) is 12.2 Å². The Bertz CT molecular complexity index is 276. The summed E-state index contributed by atoms with van der Waals surface area (Å²) in [7, 11) is 0. The lowest BCUT2D eigenvalue weighted by atomic mass is 10.3. The van der Waals surface area contributed by atoms with Crippen LogP contribution in [-0.4, -0.2) is 24.0 Å². The molecular formula is C10H14O5. The summed E-state index contributed by atoms with van der Waals surface area (Å²) in [6.45, 7) is 7.30. The number of ketones is 1. The summed E-state index contributed by atoms with van der Waals surface area (Å²) in [5.41, 5.74) is 0.177. The Hall–Kier alpha value is -1.65. The summed E-state index contributed by atoms with van der Waals surface area (Å²) in [5, 5.41) is 0. The molecule has 0 heterocycles. The molecule has 0 rings (SSSR count). The fourth-order valence-corrected chi connectivity index (χ4v) is 0.747.